The SMILES string of the molecule is Nc1ccc(Nc2ccc(Cl)c(N)n2)cc1. The molecule has 0 fully saturated rings. The molecule has 0 aliphatic rings. The number of benzene rings is 1. The highest BCUT2D eigenvalue weighted by Gasteiger charge is 2.00. The molecule has 0 atom stereocenters. The fourth-order valence-electron chi connectivity index (χ4n) is 1.24. The van der Waals surface area contributed by atoms with Crippen LogP contribution in [0.4, 0.5) is 23.0 Å². The van der Waals surface area contributed by atoms with E-state index in [1.807, 2.05) is 24.3 Å². The molecule has 0 radical (unpaired) electrons. The van der Waals surface area contributed by atoms with Gasteiger partial charge >= 0.3 is 0 Å². The molecule has 1 aromatic carbocycles. The Hall–Kier alpha value is -1.94. The molecule has 2 rings (SSSR count). The van der Waals surface area contributed by atoms with Gasteiger partial charge < -0.3 is 16.8 Å². The van der Waals surface area contributed by atoms with Crippen molar-refractivity contribution >= 4 is 34.6 Å². The number of anilines is 4. The minimum Gasteiger partial charge on any atom is -0.399 e. The number of rotatable bonds is 2. The summed E-state index contributed by atoms with van der Waals surface area (Å²) in [5.41, 5.74) is 12.8. The second-order valence-electron chi connectivity index (χ2n) is 3.31. The first-order chi connectivity index (χ1) is 7.65. The van der Waals surface area contributed by atoms with Crippen LogP contribution in [0.5, 0.6) is 0 Å². The molecule has 4 nitrogen and oxygen atoms in total. The van der Waals surface area contributed by atoms with E-state index in [0.717, 1.165) is 5.69 Å². The molecule has 0 saturated carbocycles. The Balaban J connectivity index is 2.20. The molecular weight excluding hydrogens is 224 g/mol. The molecule has 1 heterocycles. The minimum atomic E-state index is 0.308. The Bertz CT molecular complexity index is 496. The summed E-state index contributed by atoms with van der Waals surface area (Å²) < 4.78 is 0. The lowest BCUT2D eigenvalue weighted by molar-refractivity contribution is 1.32. The molecule has 0 amide bonds. The van der Waals surface area contributed by atoms with Gasteiger partial charge in [-0.3, -0.25) is 0 Å². The van der Waals surface area contributed by atoms with Gasteiger partial charge in [-0.25, -0.2) is 4.98 Å². The van der Waals surface area contributed by atoms with E-state index in [1.165, 1.54) is 0 Å². The quantitative estimate of drug-likeness (QED) is 0.698. The van der Waals surface area contributed by atoms with Crippen LogP contribution in [0.15, 0.2) is 36.4 Å². The standard InChI is InChI=1S/C11H11ClN4/c12-9-5-6-10(16-11(9)14)15-8-3-1-7(13)2-4-8/h1-6H,13H2,(H3,14,15,16). The van der Waals surface area contributed by atoms with Crippen LogP contribution in [0.25, 0.3) is 0 Å². The van der Waals surface area contributed by atoms with Crippen LogP contribution in [0.2, 0.25) is 5.02 Å². The summed E-state index contributed by atoms with van der Waals surface area (Å²) in [6, 6.07) is 10.8. The predicted octanol–water partition coefficient (Wildman–Crippen LogP) is 2.64. The Kier molecular flexibility index (Phi) is 2.83. The van der Waals surface area contributed by atoms with Gasteiger partial charge in [-0.05, 0) is 36.4 Å². The molecule has 82 valence electrons. The third kappa shape index (κ3) is 2.35. The molecule has 2 aromatic rings. The lowest BCUT2D eigenvalue weighted by Gasteiger charge is -2.06. The zero-order chi connectivity index (χ0) is 11.5. The van der Waals surface area contributed by atoms with Gasteiger partial charge in [0.15, 0.2) is 0 Å². The van der Waals surface area contributed by atoms with Crippen LogP contribution in [0, 0.1) is 0 Å². The molecule has 0 aliphatic heterocycles. The molecule has 0 spiro atoms. The van der Waals surface area contributed by atoms with Crippen molar-refractivity contribution in [3.8, 4) is 0 Å². The number of nitrogen functional groups attached to an aromatic ring is 2. The molecule has 5 N–H and O–H groups in total. The molecule has 0 bridgehead atoms. The van der Waals surface area contributed by atoms with Crippen molar-refractivity contribution in [1.82, 2.24) is 4.98 Å². The number of nitrogens with zero attached hydrogens (tertiary/aromatic N) is 1. The number of nitrogens with two attached hydrogens (primary N) is 2. The van der Waals surface area contributed by atoms with Crippen LogP contribution >= 0.6 is 11.6 Å². The lowest BCUT2D eigenvalue weighted by Crippen LogP contribution is -1.97. The molecule has 5 heteroatoms. The highest BCUT2D eigenvalue weighted by Crippen LogP contribution is 2.21. The van der Waals surface area contributed by atoms with Crippen LogP contribution in [-0.2, 0) is 0 Å². The van der Waals surface area contributed by atoms with Crippen LogP contribution < -0.4 is 16.8 Å². The van der Waals surface area contributed by atoms with Gasteiger partial charge in [0, 0.05) is 11.4 Å². The Morgan fingerprint density at radius 3 is 2.31 bits per heavy atom. The van der Waals surface area contributed by atoms with Crippen molar-refractivity contribution in [2.45, 2.75) is 0 Å². The summed E-state index contributed by atoms with van der Waals surface area (Å²) in [7, 11) is 0. The van der Waals surface area contributed by atoms with Crippen molar-refractivity contribution in [3.05, 3.63) is 41.4 Å². The zero-order valence-electron chi connectivity index (χ0n) is 8.44. The van der Waals surface area contributed by atoms with E-state index in [1.54, 1.807) is 12.1 Å². The van der Waals surface area contributed by atoms with Gasteiger partial charge in [0.05, 0.1) is 5.02 Å². The highest BCUT2D eigenvalue weighted by molar-refractivity contribution is 6.32. The van der Waals surface area contributed by atoms with E-state index in [2.05, 4.69) is 10.3 Å². The molecule has 0 aliphatic carbocycles. The highest BCUT2D eigenvalue weighted by atomic mass is 35.5. The van der Waals surface area contributed by atoms with Gasteiger partial charge in [-0.1, -0.05) is 11.6 Å². The van der Waals surface area contributed by atoms with Crippen molar-refractivity contribution in [2.75, 3.05) is 16.8 Å². The molecule has 16 heavy (non-hydrogen) atoms. The summed E-state index contributed by atoms with van der Waals surface area (Å²) in [4.78, 5) is 4.09. The van der Waals surface area contributed by atoms with Gasteiger partial charge in [-0.15, -0.1) is 0 Å². The monoisotopic (exact) mass is 234 g/mol. The topological polar surface area (TPSA) is 77.0 Å². The molecular formula is C11H11ClN4. The fraction of sp³-hybridized carbons (Fsp3) is 0. The van der Waals surface area contributed by atoms with Crippen molar-refractivity contribution in [2.24, 2.45) is 0 Å². The average molecular weight is 235 g/mol. The largest absolute Gasteiger partial charge is 0.399 e. The molecule has 1 aromatic heterocycles. The van der Waals surface area contributed by atoms with Gasteiger partial charge in [-0.2, -0.15) is 0 Å². The van der Waals surface area contributed by atoms with E-state index in [-0.39, 0.29) is 0 Å². The van der Waals surface area contributed by atoms with E-state index in [4.69, 9.17) is 23.1 Å². The number of aromatic nitrogens is 1. The molecule has 0 unspecified atom stereocenters. The van der Waals surface area contributed by atoms with Gasteiger partial charge in [0.2, 0.25) is 0 Å². The third-order valence-corrected chi connectivity index (χ3v) is 2.38. The van der Waals surface area contributed by atoms with Crippen LogP contribution in [0.3, 0.4) is 0 Å². The normalized spacial score (nSPS) is 10.1. The van der Waals surface area contributed by atoms with Crippen LogP contribution in [0.1, 0.15) is 0 Å². The van der Waals surface area contributed by atoms with E-state index in [9.17, 15) is 0 Å². The van der Waals surface area contributed by atoms with Gasteiger partial charge in [0.25, 0.3) is 0 Å². The summed E-state index contributed by atoms with van der Waals surface area (Å²) in [5.74, 6) is 0.953. The fourth-order valence-corrected chi connectivity index (χ4v) is 1.35. The van der Waals surface area contributed by atoms with E-state index >= 15 is 0 Å². The second kappa shape index (κ2) is 4.28. The van der Waals surface area contributed by atoms with Crippen molar-refractivity contribution in [3.63, 3.8) is 0 Å². The summed E-state index contributed by atoms with van der Waals surface area (Å²) in [5, 5.41) is 3.54. The summed E-state index contributed by atoms with van der Waals surface area (Å²) >= 11 is 5.77. The third-order valence-electron chi connectivity index (χ3n) is 2.06. The second-order valence-corrected chi connectivity index (χ2v) is 3.72. The van der Waals surface area contributed by atoms with E-state index < -0.39 is 0 Å². The average Bonchev–Trinajstić information content (AvgIpc) is 2.27. The number of hydrogen-bond acceptors (Lipinski definition) is 4. The summed E-state index contributed by atoms with van der Waals surface area (Å²) in [6.45, 7) is 0. The number of pyridine rings is 1. The Morgan fingerprint density at radius 1 is 1.00 bits per heavy atom. The maximum Gasteiger partial charge on any atom is 0.144 e. The maximum absolute atomic E-state index is 5.77. The number of halogens is 1. The van der Waals surface area contributed by atoms with Crippen LogP contribution in [-0.4, -0.2) is 4.98 Å². The minimum absolute atomic E-state index is 0.308. The first-order valence-corrected chi connectivity index (χ1v) is 5.07. The Morgan fingerprint density at radius 2 is 1.69 bits per heavy atom. The smallest absolute Gasteiger partial charge is 0.144 e. The Labute approximate surface area is 98.2 Å². The maximum atomic E-state index is 5.77. The van der Waals surface area contributed by atoms with Crippen molar-refractivity contribution < 1.29 is 0 Å². The number of hydrogen-bond donors (Lipinski definition) is 3. The first-order valence-electron chi connectivity index (χ1n) is 4.70. The zero-order valence-corrected chi connectivity index (χ0v) is 9.20. The first kappa shape index (κ1) is 10.6. The predicted molar refractivity (Wildman–Crippen MR) is 67.8 cm³/mol. The molecule has 0 saturated heterocycles. The van der Waals surface area contributed by atoms with Crippen molar-refractivity contribution in [1.29, 1.82) is 0 Å². The lowest BCUT2D eigenvalue weighted by atomic mass is 10.3. The van der Waals surface area contributed by atoms with Gasteiger partial charge in [0.1, 0.15) is 11.6 Å². The number of nitrogens with one attached hydrogen (secondary N) is 1. The van der Waals surface area contributed by atoms with E-state index in [0.29, 0.717) is 22.3 Å². The summed E-state index contributed by atoms with van der Waals surface area (Å²) in [6.07, 6.45) is 0.